The number of alkyl carbamates (subject to hydrolysis) is 1. The fourth-order valence-corrected chi connectivity index (χ4v) is 10.0. The Morgan fingerprint density at radius 3 is 2.27 bits per heavy atom. The number of halogens is 3. The van der Waals surface area contributed by atoms with Crippen LogP contribution in [0.15, 0.2) is 47.4 Å². The summed E-state index contributed by atoms with van der Waals surface area (Å²) in [4.78, 5) is 21.5. The molecule has 3 fully saturated rings. The largest absolute Gasteiger partial charge is 0.477 e. The van der Waals surface area contributed by atoms with Crippen molar-refractivity contribution >= 4 is 22.1 Å². The number of rotatable bonds is 5. The molecule has 280 valence electrons. The lowest BCUT2D eigenvalue weighted by atomic mass is 9.46. The standard InChI is InChI=1S/C39H47F3N4O5S/c1-22-9-7-10-23(2)30(22)32-24(3)33-45-34(44-32)46-52(48,49)29-12-8-11-25(15-29)31(27(21-50-33)18-38(13-14-38)39(40,41)42)26-16-37(17-26)19-28(20-37)43-35(47)51-36(4,5)6/h7-12,15,26-28,31H,13-14,16-21H2,1-6H3,(H,43,47)(H,44,45,46)/t26?,27-,28?,31?,37?/m1/s1. The molecule has 2 aromatic carbocycles. The Bertz CT molecular complexity index is 1970. The first-order valence-corrected chi connectivity index (χ1v) is 19.5. The van der Waals surface area contributed by atoms with Gasteiger partial charge in [0.1, 0.15) is 5.60 Å². The Kier molecular flexibility index (Phi) is 8.86. The van der Waals surface area contributed by atoms with Crippen molar-refractivity contribution in [2.45, 2.75) is 115 Å². The fourth-order valence-electron chi connectivity index (χ4n) is 9.04. The minimum absolute atomic E-state index is 0.00847. The van der Waals surface area contributed by atoms with Gasteiger partial charge in [-0.3, -0.25) is 0 Å². The van der Waals surface area contributed by atoms with E-state index in [2.05, 4.69) is 20.0 Å². The number of aryl methyl sites for hydroxylation is 2. The third-order valence-electron chi connectivity index (χ3n) is 11.6. The zero-order valence-electron chi connectivity index (χ0n) is 30.5. The van der Waals surface area contributed by atoms with Crippen LogP contribution in [-0.4, -0.2) is 48.9 Å². The predicted octanol–water partition coefficient (Wildman–Crippen LogP) is 8.78. The van der Waals surface area contributed by atoms with Gasteiger partial charge >= 0.3 is 12.3 Å². The normalized spacial score (nSPS) is 27.4. The maximum Gasteiger partial charge on any atom is 0.407 e. The van der Waals surface area contributed by atoms with Crippen molar-refractivity contribution in [3.05, 3.63) is 64.7 Å². The molecule has 52 heavy (non-hydrogen) atoms. The molecule has 9 nitrogen and oxygen atoms in total. The van der Waals surface area contributed by atoms with Crippen LogP contribution in [0, 0.1) is 43.4 Å². The second-order valence-corrected chi connectivity index (χ2v) is 18.5. The van der Waals surface area contributed by atoms with Gasteiger partial charge in [0.2, 0.25) is 11.8 Å². The van der Waals surface area contributed by atoms with E-state index in [9.17, 15) is 26.4 Å². The Morgan fingerprint density at radius 2 is 1.65 bits per heavy atom. The first-order chi connectivity index (χ1) is 24.3. The third kappa shape index (κ3) is 6.97. The highest BCUT2D eigenvalue weighted by atomic mass is 32.2. The Hall–Kier alpha value is -3.87. The molecule has 0 saturated heterocycles. The second-order valence-electron chi connectivity index (χ2n) is 16.8. The molecular formula is C39H47F3N4O5S. The van der Waals surface area contributed by atoms with Crippen molar-refractivity contribution < 1.29 is 35.9 Å². The molecule has 2 heterocycles. The molecule has 1 unspecified atom stereocenters. The number of anilines is 1. The van der Waals surface area contributed by atoms with Gasteiger partial charge < -0.3 is 14.8 Å². The molecule has 0 radical (unpaired) electrons. The lowest BCUT2D eigenvalue weighted by molar-refractivity contribution is -0.194. The van der Waals surface area contributed by atoms with E-state index < -0.39 is 45.1 Å². The van der Waals surface area contributed by atoms with Crippen molar-refractivity contribution in [3.8, 4) is 17.1 Å². The zero-order chi connectivity index (χ0) is 37.4. The summed E-state index contributed by atoms with van der Waals surface area (Å²) < 4.78 is 86.2. The minimum Gasteiger partial charge on any atom is -0.477 e. The summed E-state index contributed by atoms with van der Waals surface area (Å²) in [6, 6.07) is 12.3. The van der Waals surface area contributed by atoms with Crippen LogP contribution >= 0.6 is 0 Å². The van der Waals surface area contributed by atoms with Crippen LogP contribution in [0.2, 0.25) is 0 Å². The van der Waals surface area contributed by atoms with Gasteiger partial charge in [0.05, 0.1) is 22.6 Å². The molecule has 7 rings (SSSR count). The predicted molar refractivity (Wildman–Crippen MR) is 191 cm³/mol. The number of benzene rings is 2. The van der Waals surface area contributed by atoms with Gasteiger partial charge in [0.25, 0.3) is 10.0 Å². The number of alkyl halides is 3. The summed E-state index contributed by atoms with van der Waals surface area (Å²) in [5, 5.41) is 2.96. The lowest BCUT2D eigenvalue weighted by Gasteiger charge is -2.60. The molecule has 1 amide bonds. The molecule has 1 aromatic heterocycles. The van der Waals surface area contributed by atoms with Gasteiger partial charge in [-0.1, -0.05) is 30.3 Å². The monoisotopic (exact) mass is 740 g/mol. The van der Waals surface area contributed by atoms with Crippen molar-refractivity contribution in [2.75, 3.05) is 11.3 Å². The molecular weight excluding hydrogens is 694 g/mol. The van der Waals surface area contributed by atoms with Gasteiger partial charge in [-0.2, -0.15) is 18.2 Å². The lowest BCUT2D eigenvalue weighted by Crippen LogP contribution is -2.58. The first-order valence-electron chi connectivity index (χ1n) is 18.0. The molecule has 1 aliphatic heterocycles. The van der Waals surface area contributed by atoms with Gasteiger partial charge in [0.15, 0.2) is 0 Å². The molecule has 4 aliphatic rings. The molecule has 3 saturated carbocycles. The number of ether oxygens (including phenoxy) is 2. The highest BCUT2D eigenvalue weighted by molar-refractivity contribution is 7.92. The summed E-state index contributed by atoms with van der Waals surface area (Å²) in [6.07, 6.45) is -1.85. The maximum atomic E-state index is 14.6. The SMILES string of the molecule is Cc1cccc(C)c1-c1nc2nc(c1C)OC[C@@H](CC1(C(F)(F)F)CC1)C(C1CC3(CC(NC(=O)OC(C)(C)C)C3)C1)c1cccc(c1)S(=O)(=O)N2. The molecule has 3 aromatic rings. The second kappa shape index (κ2) is 12.6. The quantitative estimate of drug-likeness (QED) is 0.269. The highest BCUT2D eigenvalue weighted by Gasteiger charge is 2.65. The number of nitrogens with one attached hydrogen (secondary N) is 2. The zero-order valence-corrected chi connectivity index (χ0v) is 31.3. The van der Waals surface area contributed by atoms with Gasteiger partial charge in [0, 0.05) is 23.1 Å². The van der Waals surface area contributed by atoms with Crippen LogP contribution in [0.5, 0.6) is 5.88 Å². The first kappa shape index (κ1) is 36.5. The number of aromatic nitrogens is 2. The fraction of sp³-hybridized carbons (Fsp3) is 0.564. The van der Waals surface area contributed by atoms with Crippen LogP contribution < -0.4 is 14.8 Å². The number of fused-ring (bicyclic) bond motifs is 4. The third-order valence-corrected chi connectivity index (χ3v) is 13.0. The van der Waals surface area contributed by atoms with Crippen molar-refractivity contribution in [1.29, 1.82) is 0 Å². The van der Waals surface area contributed by atoms with Crippen LogP contribution in [0.3, 0.4) is 0 Å². The summed E-state index contributed by atoms with van der Waals surface area (Å²) in [7, 11) is -4.19. The van der Waals surface area contributed by atoms with E-state index in [0.29, 0.717) is 16.8 Å². The average molecular weight is 741 g/mol. The van der Waals surface area contributed by atoms with Crippen LogP contribution in [0.1, 0.15) is 93.9 Å². The van der Waals surface area contributed by atoms with Crippen molar-refractivity contribution in [3.63, 3.8) is 0 Å². The van der Waals surface area contributed by atoms with Crippen LogP contribution in [-0.2, 0) is 14.8 Å². The van der Waals surface area contributed by atoms with E-state index >= 15 is 0 Å². The molecule has 2 atom stereocenters. The van der Waals surface area contributed by atoms with Crippen LogP contribution in [0.4, 0.5) is 23.9 Å². The number of sulfonamides is 1. The number of carbonyl (C=O) groups excluding carboxylic acids is 1. The number of hydrogen-bond donors (Lipinski definition) is 2. The molecule has 3 aliphatic carbocycles. The van der Waals surface area contributed by atoms with E-state index in [1.54, 1.807) is 19.1 Å². The van der Waals surface area contributed by atoms with E-state index in [-0.39, 0.29) is 60.0 Å². The molecule has 4 bridgehead atoms. The van der Waals surface area contributed by atoms with E-state index in [4.69, 9.17) is 9.47 Å². The summed E-state index contributed by atoms with van der Waals surface area (Å²) in [6.45, 7) is 11.1. The molecule has 13 heteroatoms. The van der Waals surface area contributed by atoms with Gasteiger partial charge in [-0.05, 0) is 133 Å². The number of nitrogens with zero attached hydrogens (tertiary/aromatic N) is 2. The topological polar surface area (TPSA) is 120 Å². The average Bonchev–Trinajstić information content (AvgIpc) is 3.79. The number of amides is 1. The molecule has 2 N–H and O–H groups in total. The maximum absolute atomic E-state index is 14.6. The van der Waals surface area contributed by atoms with E-state index in [1.165, 1.54) is 6.07 Å². The summed E-state index contributed by atoms with van der Waals surface area (Å²) >= 11 is 0. The van der Waals surface area contributed by atoms with E-state index in [0.717, 1.165) is 42.4 Å². The number of carbonyl (C=O) groups is 1. The van der Waals surface area contributed by atoms with Gasteiger partial charge in [-0.25, -0.2) is 22.9 Å². The minimum atomic E-state index is -4.38. The smallest absolute Gasteiger partial charge is 0.407 e. The Morgan fingerprint density at radius 1 is 1.00 bits per heavy atom. The summed E-state index contributed by atoms with van der Waals surface area (Å²) in [5.74, 6) is -1.05. The Labute approximate surface area is 303 Å². The molecule has 1 spiro atoms. The van der Waals surface area contributed by atoms with Crippen LogP contribution in [0.25, 0.3) is 11.3 Å². The number of hydrogen-bond acceptors (Lipinski definition) is 7. The summed E-state index contributed by atoms with van der Waals surface area (Å²) in [5.41, 5.74) is 1.94. The van der Waals surface area contributed by atoms with Gasteiger partial charge in [-0.15, -0.1) is 0 Å². The highest BCUT2D eigenvalue weighted by Crippen LogP contribution is 2.66. The van der Waals surface area contributed by atoms with Crippen molar-refractivity contribution in [1.82, 2.24) is 15.3 Å². The van der Waals surface area contributed by atoms with E-state index in [1.807, 2.05) is 58.9 Å². The Balaban J connectivity index is 1.25. The van der Waals surface area contributed by atoms with Crippen molar-refractivity contribution in [2.24, 2.45) is 22.7 Å².